The Balaban J connectivity index is 1.70. The summed E-state index contributed by atoms with van der Waals surface area (Å²) < 4.78 is 0. The Labute approximate surface area is 183 Å². The number of likely N-dealkylation sites (tertiary alicyclic amines) is 1. The Bertz CT molecular complexity index is 816. The Morgan fingerprint density at radius 1 is 1.16 bits per heavy atom. The van der Waals surface area contributed by atoms with Gasteiger partial charge in [0.15, 0.2) is 0 Å². The van der Waals surface area contributed by atoms with E-state index in [1.54, 1.807) is 20.9 Å². The molecular formula is C22H34N6O3. The molecular weight excluding hydrogens is 396 g/mol. The fraction of sp³-hybridized carbons (Fsp3) is 0.591. The third kappa shape index (κ3) is 5.23. The summed E-state index contributed by atoms with van der Waals surface area (Å²) in [6, 6.07) is 6.12. The summed E-state index contributed by atoms with van der Waals surface area (Å²) in [7, 11) is 1.68. The number of hydrazine groups is 1. The number of amides is 3. The minimum absolute atomic E-state index is 0.0621. The molecule has 1 aromatic rings. The van der Waals surface area contributed by atoms with Crippen LogP contribution in [-0.2, 0) is 20.8 Å². The van der Waals surface area contributed by atoms with Gasteiger partial charge >= 0.3 is 0 Å². The van der Waals surface area contributed by atoms with Crippen LogP contribution in [0.15, 0.2) is 24.3 Å². The van der Waals surface area contributed by atoms with Gasteiger partial charge in [0.05, 0.1) is 12.1 Å². The number of nitrogens with two attached hydrogens (primary N) is 1. The molecule has 1 saturated heterocycles. The number of hydrogen-bond donors (Lipinski definition) is 5. The largest absolute Gasteiger partial charge is 0.347 e. The highest BCUT2D eigenvalue weighted by molar-refractivity contribution is 5.93. The lowest BCUT2D eigenvalue weighted by atomic mass is 9.87. The van der Waals surface area contributed by atoms with Crippen molar-refractivity contribution in [1.82, 2.24) is 26.3 Å². The van der Waals surface area contributed by atoms with Crippen LogP contribution in [0.5, 0.6) is 0 Å². The Morgan fingerprint density at radius 2 is 1.90 bits per heavy atom. The van der Waals surface area contributed by atoms with Gasteiger partial charge in [0.1, 0.15) is 12.1 Å². The van der Waals surface area contributed by atoms with Gasteiger partial charge in [-0.2, -0.15) is 0 Å². The minimum atomic E-state index is -0.745. The number of nitrogens with zero attached hydrogens (tertiary/aromatic N) is 1. The van der Waals surface area contributed by atoms with Gasteiger partial charge in [-0.25, -0.2) is 0 Å². The van der Waals surface area contributed by atoms with E-state index in [1.165, 1.54) is 10.5 Å². The summed E-state index contributed by atoms with van der Waals surface area (Å²) >= 11 is 0. The fourth-order valence-corrected chi connectivity index (χ4v) is 4.40. The van der Waals surface area contributed by atoms with Crippen LogP contribution in [0.4, 0.5) is 0 Å². The van der Waals surface area contributed by atoms with Crippen LogP contribution < -0.4 is 27.2 Å². The molecule has 1 aromatic carbocycles. The van der Waals surface area contributed by atoms with Crippen LogP contribution in [0, 0.1) is 0 Å². The molecule has 0 spiro atoms. The highest BCUT2D eigenvalue weighted by Gasteiger charge is 2.41. The summed E-state index contributed by atoms with van der Waals surface area (Å²) in [5, 5.41) is 8.72. The predicted molar refractivity (Wildman–Crippen MR) is 118 cm³/mol. The number of hydrogen-bond acceptors (Lipinski definition) is 6. The normalized spacial score (nSPS) is 24.8. The Morgan fingerprint density at radius 3 is 2.61 bits per heavy atom. The molecule has 170 valence electrons. The van der Waals surface area contributed by atoms with Crippen LogP contribution in [0.2, 0.25) is 0 Å². The molecule has 0 saturated carbocycles. The number of carbonyl (C=O) groups excluding carboxylic acids is 3. The number of aryl methyl sites for hydroxylation is 1. The van der Waals surface area contributed by atoms with Crippen molar-refractivity contribution in [2.45, 2.75) is 69.7 Å². The van der Waals surface area contributed by atoms with E-state index >= 15 is 0 Å². The number of rotatable bonds is 7. The van der Waals surface area contributed by atoms with E-state index in [-0.39, 0.29) is 29.8 Å². The van der Waals surface area contributed by atoms with E-state index in [0.29, 0.717) is 13.0 Å². The molecule has 0 bridgehead atoms. The molecule has 6 N–H and O–H groups in total. The van der Waals surface area contributed by atoms with Crippen LogP contribution in [0.3, 0.4) is 0 Å². The van der Waals surface area contributed by atoms with Gasteiger partial charge in [-0.05, 0) is 57.7 Å². The number of fused-ring (bicyclic) bond motifs is 1. The maximum Gasteiger partial charge on any atom is 0.245 e. The lowest BCUT2D eigenvalue weighted by Crippen LogP contribution is -2.55. The zero-order valence-electron chi connectivity index (χ0n) is 18.5. The van der Waals surface area contributed by atoms with E-state index in [0.717, 1.165) is 24.8 Å². The number of likely N-dealkylation sites (N-methyl/N-ethyl adjacent to an activating group) is 1. The molecule has 0 unspecified atom stereocenters. The molecule has 9 nitrogen and oxygen atoms in total. The standard InChI is InChI=1S/C22H34N6O3/c1-13(24-3)20(29)25-14(2)22(31)28-12-16(27-23)11-19(28)21(30)26-18-10-6-8-15-7-4-5-9-17(15)18/h4-5,7,9,13-14,16,18-19,24,27H,6,8,10-12,23H2,1-3H3,(H,25,29)(H,26,30)/t13-,14-,16-,18+,19-/m1/s1. The van der Waals surface area contributed by atoms with Gasteiger partial charge in [0.2, 0.25) is 17.7 Å². The van der Waals surface area contributed by atoms with Gasteiger partial charge in [0.25, 0.3) is 0 Å². The van der Waals surface area contributed by atoms with Crippen molar-refractivity contribution in [3.05, 3.63) is 35.4 Å². The summed E-state index contributed by atoms with van der Waals surface area (Å²) in [6.45, 7) is 3.67. The zero-order chi connectivity index (χ0) is 22.5. The van der Waals surface area contributed by atoms with Crippen molar-refractivity contribution in [3.8, 4) is 0 Å². The van der Waals surface area contributed by atoms with Gasteiger partial charge in [-0.1, -0.05) is 24.3 Å². The van der Waals surface area contributed by atoms with Gasteiger partial charge in [-0.3, -0.25) is 25.7 Å². The lowest BCUT2D eigenvalue weighted by Gasteiger charge is -2.31. The fourth-order valence-electron chi connectivity index (χ4n) is 4.40. The minimum Gasteiger partial charge on any atom is -0.347 e. The van der Waals surface area contributed by atoms with Crippen molar-refractivity contribution >= 4 is 17.7 Å². The summed E-state index contributed by atoms with van der Waals surface area (Å²) in [6.07, 6.45) is 3.32. The summed E-state index contributed by atoms with van der Waals surface area (Å²) in [5.41, 5.74) is 5.09. The first-order valence-electron chi connectivity index (χ1n) is 11.0. The van der Waals surface area contributed by atoms with Gasteiger partial charge in [0, 0.05) is 12.6 Å². The number of carbonyl (C=O) groups is 3. The second kappa shape index (κ2) is 10.2. The molecule has 3 rings (SSSR count). The molecule has 2 aliphatic rings. The quantitative estimate of drug-likeness (QED) is 0.299. The van der Waals surface area contributed by atoms with Gasteiger partial charge < -0.3 is 20.9 Å². The average molecular weight is 431 g/mol. The third-order valence-electron chi connectivity index (χ3n) is 6.36. The second-order valence-corrected chi connectivity index (χ2v) is 8.50. The highest BCUT2D eigenvalue weighted by Crippen LogP contribution is 2.30. The Hall–Kier alpha value is -2.49. The average Bonchev–Trinajstić information content (AvgIpc) is 3.22. The van der Waals surface area contributed by atoms with Crippen LogP contribution in [0.25, 0.3) is 0 Å². The smallest absolute Gasteiger partial charge is 0.245 e. The lowest BCUT2D eigenvalue weighted by molar-refractivity contribution is -0.141. The van der Waals surface area contributed by atoms with E-state index in [2.05, 4.69) is 33.5 Å². The monoisotopic (exact) mass is 430 g/mol. The highest BCUT2D eigenvalue weighted by atomic mass is 16.2. The molecule has 0 radical (unpaired) electrons. The molecule has 1 heterocycles. The first-order chi connectivity index (χ1) is 14.8. The van der Waals surface area contributed by atoms with Crippen molar-refractivity contribution in [2.24, 2.45) is 5.84 Å². The molecule has 1 aliphatic carbocycles. The van der Waals surface area contributed by atoms with Crippen molar-refractivity contribution in [2.75, 3.05) is 13.6 Å². The van der Waals surface area contributed by atoms with E-state index < -0.39 is 18.1 Å². The molecule has 0 aromatic heterocycles. The molecule has 1 fully saturated rings. The zero-order valence-corrected chi connectivity index (χ0v) is 18.5. The number of benzene rings is 1. The van der Waals surface area contributed by atoms with E-state index in [4.69, 9.17) is 5.84 Å². The predicted octanol–water partition coefficient (Wildman–Crippen LogP) is -0.274. The van der Waals surface area contributed by atoms with Crippen LogP contribution >= 0.6 is 0 Å². The summed E-state index contributed by atoms with van der Waals surface area (Å²) in [4.78, 5) is 40.0. The molecule has 31 heavy (non-hydrogen) atoms. The molecule has 1 aliphatic heterocycles. The van der Waals surface area contributed by atoms with Crippen LogP contribution in [0.1, 0.15) is 50.3 Å². The topological polar surface area (TPSA) is 129 Å². The third-order valence-corrected chi connectivity index (χ3v) is 6.36. The maximum atomic E-state index is 13.2. The SMILES string of the molecule is CN[C@H](C)C(=O)N[C@H](C)C(=O)N1C[C@H](NN)C[C@@H]1C(=O)N[C@H]1CCCc2ccccc21. The molecule has 5 atom stereocenters. The van der Waals surface area contributed by atoms with Crippen molar-refractivity contribution < 1.29 is 14.4 Å². The first-order valence-corrected chi connectivity index (χ1v) is 11.0. The van der Waals surface area contributed by atoms with Crippen molar-refractivity contribution in [3.63, 3.8) is 0 Å². The van der Waals surface area contributed by atoms with Crippen LogP contribution in [-0.4, -0.2) is 60.4 Å². The molecule has 9 heteroatoms. The summed E-state index contributed by atoms with van der Waals surface area (Å²) in [5.74, 6) is 4.88. The number of nitrogens with one attached hydrogen (secondary N) is 4. The first kappa shape index (κ1) is 23.2. The maximum absolute atomic E-state index is 13.2. The van der Waals surface area contributed by atoms with E-state index in [9.17, 15) is 14.4 Å². The second-order valence-electron chi connectivity index (χ2n) is 8.50. The van der Waals surface area contributed by atoms with E-state index in [1.807, 2.05) is 12.1 Å². The van der Waals surface area contributed by atoms with Gasteiger partial charge in [-0.15, -0.1) is 0 Å². The van der Waals surface area contributed by atoms with Crippen molar-refractivity contribution in [1.29, 1.82) is 0 Å². The Kier molecular flexibility index (Phi) is 7.64. The molecule has 3 amide bonds.